The molecule has 2 aromatic rings. The standard InChI is InChI=1S/C13H13ClFN3O2S/c1-7-3-8(2)17-12(4-7)18-21(19,20)11-6-9(14)5-10(16)13(11)15/h3-6H,16H2,1-2H3,(H,17,18). The number of nitrogens with one attached hydrogen (secondary N) is 1. The number of aryl methyl sites for hydroxylation is 2. The van der Waals surface area contributed by atoms with Gasteiger partial charge in [0.2, 0.25) is 0 Å². The van der Waals surface area contributed by atoms with Crippen molar-refractivity contribution in [2.24, 2.45) is 0 Å². The average molecular weight is 330 g/mol. The van der Waals surface area contributed by atoms with Crippen LogP contribution in [-0.4, -0.2) is 13.4 Å². The number of anilines is 2. The van der Waals surface area contributed by atoms with Gasteiger partial charge in [-0.1, -0.05) is 11.6 Å². The van der Waals surface area contributed by atoms with E-state index < -0.39 is 20.7 Å². The van der Waals surface area contributed by atoms with Crippen molar-refractivity contribution >= 4 is 33.1 Å². The van der Waals surface area contributed by atoms with E-state index in [0.29, 0.717) is 5.69 Å². The fraction of sp³-hybridized carbons (Fsp3) is 0.154. The number of hydrogen-bond donors (Lipinski definition) is 2. The van der Waals surface area contributed by atoms with E-state index in [1.807, 2.05) is 0 Å². The predicted octanol–water partition coefficient (Wildman–Crippen LogP) is 2.87. The maximum absolute atomic E-state index is 13.9. The molecule has 1 aromatic heterocycles. The first kappa shape index (κ1) is 15.5. The molecule has 0 radical (unpaired) electrons. The Morgan fingerprint density at radius 1 is 1.24 bits per heavy atom. The Hall–Kier alpha value is -1.86. The summed E-state index contributed by atoms with van der Waals surface area (Å²) in [4.78, 5) is 3.43. The lowest BCUT2D eigenvalue weighted by atomic mass is 10.2. The molecule has 0 saturated heterocycles. The van der Waals surface area contributed by atoms with Crippen LogP contribution in [0.2, 0.25) is 5.02 Å². The SMILES string of the molecule is Cc1cc(C)nc(NS(=O)(=O)c2cc(Cl)cc(N)c2F)c1. The number of benzene rings is 1. The molecule has 0 amide bonds. The van der Waals surface area contributed by atoms with Crippen LogP contribution in [0.1, 0.15) is 11.3 Å². The van der Waals surface area contributed by atoms with Gasteiger partial charge < -0.3 is 5.73 Å². The van der Waals surface area contributed by atoms with Crippen molar-refractivity contribution in [2.75, 3.05) is 10.5 Å². The third-order valence-electron chi connectivity index (χ3n) is 2.66. The van der Waals surface area contributed by atoms with Crippen LogP contribution >= 0.6 is 11.6 Å². The molecule has 0 unspecified atom stereocenters. The molecule has 5 nitrogen and oxygen atoms in total. The molecule has 0 aliphatic heterocycles. The molecule has 0 fully saturated rings. The first-order chi connectivity index (χ1) is 9.69. The van der Waals surface area contributed by atoms with Crippen LogP contribution in [0.25, 0.3) is 0 Å². The lowest BCUT2D eigenvalue weighted by Crippen LogP contribution is -2.16. The summed E-state index contributed by atoms with van der Waals surface area (Å²) in [6, 6.07) is 5.47. The van der Waals surface area contributed by atoms with Gasteiger partial charge in [0, 0.05) is 10.7 Å². The molecule has 0 saturated carbocycles. The van der Waals surface area contributed by atoms with Crippen LogP contribution in [0.5, 0.6) is 0 Å². The Bertz CT molecular complexity index is 789. The second-order valence-electron chi connectivity index (χ2n) is 4.58. The zero-order chi connectivity index (χ0) is 15.8. The number of halogens is 2. The van der Waals surface area contributed by atoms with Gasteiger partial charge >= 0.3 is 0 Å². The number of nitrogens with zero attached hydrogens (tertiary/aromatic N) is 1. The Kier molecular flexibility index (Phi) is 4.06. The van der Waals surface area contributed by atoms with Gasteiger partial charge in [0.1, 0.15) is 10.7 Å². The molecular weight excluding hydrogens is 317 g/mol. The van der Waals surface area contributed by atoms with E-state index in [9.17, 15) is 12.8 Å². The van der Waals surface area contributed by atoms with Gasteiger partial charge in [-0.05, 0) is 43.7 Å². The summed E-state index contributed by atoms with van der Waals surface area (Å²) in [6.45, 7) is 3.52. The van der Waals surface area contributed by atoms with E-state index in [4.69, 9.17) is 17.3 Å². The highest BCUT2D eigenvalue weighted by Gasteiger charge is 2.22. The predicted molar refractivity (Wildman–Crippen MR) is 80.3 cm³/mol. The van der Waals surface area contributed by atoms with Gasteiger partial charge in [-0.3, -0.25) is 4.72 Å². The highest BCUT2D eigenvalue weighted by molar-refractivity contribution is 7.92. The summed E-state index contributed by atoms with van der Waals surface area (Å²) in [5.41, 5.74) is 6.52. The van der Waals surface area contributed by atoms with Crippen molar-refractivity contribution in [1.82, 2.24) is 4.98 Å². The smallest absolute Gasteiger partial charge is 0.266 e. The molecule has 2 rings (SSSR count). The van der Waals surface area contributed by atoms with Crippen LogP contribution in [0.15, 0.2) is 29.2 Å². The summed E-state index contributed by atoms with van der Waals surface area (Å²) in [5, 5.41) is 0.0302. The maximum Gasteiger partial charge on any atom is 0.266 e. The second kappa shape index (κ2) is 5.50. The third-order valence-corrected chi connectivity index (χ3v) is 4.23. The Balaban J connectivity index is 2.48. The van der Waals surface area contributed by atoms with E-state index in [1.165, 1.54) is 6.07 Å². The molecule has 1 heterocycles. The molecular formula is C13H13ClFN3O2S. The normalized spacial score (nSPS) is 11.4. The van der Waals surface area contributed by atoms with Crippen LogP contribution in [0.3, 0.4) is 0 Å². The molecule has 0 spiro atoms. The van der Waals surface area contributed by atoms with Crippen LogP contribution in [0.4, 0.5) is 15.9 Å². The largest absolute Gasteiger partial charge is 0.396 e. The molecule has 21 heavy (non-hydrogen) atoms. The molecule has 0 aliphatic rings. The van der Waals surface area contributed by atoms with Gasteiger partial charge in [-0.2, -0.15) is 0 Å². The van der Waals surface area contributed by atoms with Gasteiger partial charge in [-0.25, -0.2) is 17.8 Å². The van der Waals surface area contributed by atoms with E-state index >= 15 is 0 Å². The van der Waals surface area contributed by atoms with Gasteiger partial charge in [-0.15, -0.1) is 0 Å². The van der Waals surface area contributed by atoms with Gasteiger partial charge in [0.25, 0.3) is 10.0 Å². The van der Waals surface area contributed by atoms with Crippen molar-refractivity contribution in [3.63, 3.8) is 0 Å². The zero-order valence-corrected chi connectivity index (χ0v) is 12.9. The Labute approximate surface area is 127 Å². The minimum Gasteiger partial charge on any atom is -0.396 e. The molecule has 0 bridgehead atoms. The van der Waals surface area contributed by atoms with Gasteiger partial charge in [0.15, 0.2) is 5.82 Å². The minimum atomic E-state index is -4.17. The minimum absolute atomic E-state index is 0.0302. The van der Waals surface area contributed by atoms with Crippen molar-refractivity contribution in [1.29, 1.82) is 0 Å². The second-order valence-corrected chi connectivity index (χ2v) is 6.67. The quantitative estimate of drug-likeness (QED) is 0.848. The van der Waals surface area contributed by atoms with Crippen molar-refractivity contribution in [2.45, 2.75) is 18.7 Å². The van der Waals surface area contributed by atoms with Gasteiger partial charge in [0.05, 0.1) is 5.69 Å². The molecule has 8 heteroatoms. The number of pyridine rings is 1. The first-order valence-electron chi connectivity index (χ1n) is 5.91. The summed E-state index contributed by atoms with van der Waals surface area (Å²) in [7, 11) is -4.17. The van der Waals surface area contributed by atoms with E-state index in [2.05, 4.69) is 9.71 Å². The molecule has 0 aliphatic carbocycles. The van der Waals surface area contributed by atoms with Crippen molar-refractivity contribution < 1.29 is 12.8 Å². The van der Waals surface area contributed by atoms with Crippen molar-refractivity contribution in [3.8, 4) is 0 Å². The van der Waals surface area contributed by atoms with Crippen molar-refractivity contribution in [3.05, 3.63) is 46.4 Å². The number of nitrogen functional groups attached to an aromatic ring is 1. The average Bonchev–Trinajstić information content (AvgIpc) is 2.31. The fourth-order valence-corrected chi connectivity index (χ4v) is 3.28. The number of nitrogens with two attached hydrogens (primary N) is 1. The highest BCUT2D eigenvalue weighted by Crippen LogP contribution is 2.26. The lowest BCUT2D eigenvalue weighted by molar-refractivity contribution is 0.573. The topological polar surface area (TPSA) is 85.1 Å². The Morgan fingerprint density at radius 2 is 1.90 bits per heavy atom. The Morgan fingerprint density at radius 3 is 2.52 bits per heavy atom. The lowest BCUT2D eigenvalue weighted by Gasteiger charge is -2.11. The summed E-state index contributed by atoms with van der Waals surface area (Å²) in [5.74, 6) is -0.943. The van der Waals surface area contributed by atoms with Crippen LogP contribution in [0, 0.1) is 19.7 Å². The van der Waals surface area contributed by atoms with E-state index in [-0.39, 0.29) is 16.5 Å². The fourth-order valence-electron chi connectivity index (χ4n) is 1.87. The monoisotopic (exact) mass is 329 g/mol. The first-order valence-corrected chi connectivity index (χ1v) is 7.78. The van der Waals surface area contributed by atoms with E-state index in [1.54, 1.807) is 19.9 Å². The molecule has 112 valence electrons. The molecule has 0 atom stereocenters. The van der Waals surface area contributed by atoms with Crippen LogP contribution < -0.4 is 10.5 Å². The number of sulfonamides is 1. The zero-order valence-electron chi connectivity index (χ0n) is 11.3. The molecule has 1 aromatic carbocycles. The number of aromatic nitrogens is 1. The summed E-state index contributed by atoms with van der Waals surface area (Å²) >= 11 is 5.73. The maximum atomic E-state index is 13.9. The summed E-state index contributed by atoms with van der Waals surface area (Å²) in [6.07, 6.45) is 0. The van der Waals surface area contributed by atoms with E-state index in [0.717, 1.165) is 17.7 Å². The third kappa shape index (κ3) is 3.43. The number of hydrogen-bond acceptors (Lipinski definition) is 4. The molecule has 3 N–H and O–H groups in total. The van der Waals surface area contributed by atoms with Crippen LogP contribution in [-0.2, 0) is 10.0 Å². The highest BCUT2D eigenvalue weighted by atomic mass is 35.5. The summed E-state index contributed by atoms with van der Waals surface area (Å²) < 4.78 is 40.6. The number of rotatable bonds is 3.